The number of fused-ring (bicyclic) bond motifs is 1. The molecule has 1 heterocycles. The van der Waals surface area contributed by atoms with E-state index in [1.807, 2.05) is 0 Å². The van der Waals surface area contributed by atoms with Crippen molar-refractivity contribution in [2.24, 2.45) is 5.92 Å². The zero-order valence-corrected chi connectivity index (χ0v) is 11.7. The number of nitriles is 1. The van der Waals surface area contributed by atoms with E-state index < -0.39 is 0 Å². The lowest BCUT2D eigenvalue weighted by molar-refractivity contribution is 0.334. The number of benzene rings is 1. The summed E-state index contributed by atoms with van der Waals surface area (Å²) in [6, 6.07) is 11.5. The molecule has 2 aromatic rings. The molecule has 0 saturated heterocycles. The predicted molar refractivity (Wildman–Crippen MR) is 81.4 cm³/mol. The second-order valence-electron chi connectivity index (χ2n) is 5.74. The van der Waals surface area contributed by atoms with E-state index in [2.05, 4.69) is 46.8 Å². The molecule has 0 aliphatic heterocycles. The quantitative estimate of drug-likeness (QED) is 0.892. The summed E-state index contributed by atoms with van der Waals surface area (Å²) in [6.07, 6.45) is 7.59. The molecule has 3 rings (SSSR count). The normalized spacial score (nSPS) is 22.8. The van der Waals surface area contributed by atoms with E-state index in [0.29, 0.717) is 12.0 Å². The zero-order valence-electron chi connectivity index (χ0n) is 11.7. The van der Waals surface area contributed by atoms with Crippen molar-refractivity contribution in [3.8, 4) is 6.07 Å². The van der Waals surface area contributed by atoms with E-state index in [0.717, 1.165) is 38.6 Å². The van der Waals surface area contributed by atoms with Gasteiger partial charge in [0.2, 0.25) is 0 Å². The summed E-state index contributed by atoms with van der Waals surface area (Å²) in [5.41, 5.74) is 2.61. The second kappa shape index (κ2) is 6.11. The summed E-state index contributed by atoms with van der Waals surface area (Å²) < 4.78 is 0. The van der Waals surface area contributed by atoms with Gasteiger partial charge in [-0.1, -0.05) is 18.2 Å². The van der Waals surface area contributed by atoms with E-state index in [1.54, 1.807) is 0 Å². The molecule has 1 saturated carbocycles. The number of hydrogen-bond donors (Lipinski definition) is 2. The lowest BCUT2D eigenvalue weighted by Crippen LogP contribution is -2.34. The van der Waals surface area contributed by atoms with Crippen LogP contribution in [0.15, 0.2) is 30.5 Å². The van der Waals surface area contributed by atoms with Crippen LogP contribution < -0.4 is 5.32 Å². The fourth-order valence-electron chi connectivity index (χ4n) is 3.18. The van der Waals surface area contributed by atoms with Gasteiger partial charge < -0.3 is 10.3 Å². The Morgan fingerprint density at radius 1 is 1.20 bits per heavy atom. The third-order valence-corrected chi connectivity index (χ3v) is 4.41. The molecule has 1 aliphatic rings. The first kappa shape index (κ1) is 13.2. The van der Waals surface area contributed by atoms with Crippen molar-refractivity contribution in [2.75, 3.05) is 6.54 Å². The molecule has 1 aliphatic carbocycles. The summed E-state index contributed by atoms with van der Waals surface area (Å²) in [5.74, 6) is 0.293. The van der Waals surface area contributed by atoms with Gasteiger partial charge in [0.1, 0.15) is 0 Å². The summed E-state index contributed by atoms with van der Waals surface area (Å²) >= 11 is 0. The Labute approximate surface area is 120 Å². The molecule has 3 heteroatoms. The average molecular weight is 267 g/mol. The van der Waals surface area contributed by atoms with Crippen LogP contribution in [0.2, 0.25) is 0 Å². The Morgan fingerprint density at radius 3 is 2.80 bits per heavy atom. The molecule has 0 bridgehead atoms. The minimum atomic E-state index is 0.293. The standard InChI is InChI=1S/C17H21N3/c18-11-13-5-7-15(8-6-13)19-10-9-14-12-20-17-4-2-1-3-16(14)17/h1-4,12-13,15,19-20H,5-10H2. The first-order valence-electron chi connectivity index (χ1n) is 7.55. The van der Waals surface area contributed by atoms with Gasteiger partial charge in [-0.25, -0.2) is 0 Å². The highest BCUT2D eigenvalue weighted by molar-refractivity contribution is 5.83. The van der Waals surface area contributed by atoms with Gasteiger partial charge in [-0.05, 0) is 50.3 Å². The van der Waals surface area contributed by atoms with Crippen LogP contribution in [0.4, 0.5) is 0 Å². The third kappa shape index (κ3) is 2.86. The summed E-state index contributed by atoms with van der Waals surface area (Å²) in [7, 11) is 0. The molecule has 0 spiro atoms. The van der Waals surface area contributed by atoms with Gasteiger partial charge in [-0.15, -0.1) is 0 Å². The van der Waals surface area contributed by atoms with Crippen molar-refractivity contribution < 1.29 is 0 Å². The fraction of sp³-hybridized carbons (Fsp3) is 0.471. The Hall–Kier alpha value is -1.79. The van der Waals surface area contributed by atoms with Crippen molar-refractivity contribution in [3.05, 3.63) is 36.0 Å². The van der Waals surface area contributed by atoms with Crippen molar-refractivity contribution in [3.63, 3.8) is 0 Å². The van der Waals surface area contributed by atoms with Crippen LogP contribution in [0.1, 0.15) is 31.2 Å². The molecular weight excluding hydrogens is 246 g/mol. The maximum absolute atomic E-state index is 8.91. The van der Waals surface area contributed by atoms with E-state index in [4.69, 9.17) is 5.26 Å². The average Bonchev–Trinajstić information content (AvgIpc) is 2.92. The molecule has 20 heavy (non-hydrogen) atoms. The minimum Gasteiger partial charge on any atom is -0.361 e. The summed E-state index contributed by atoms with van der Waals surface area (Å²) in [4.78, 5) is 3.33. The monoisotopic (exact) mass is 267 g/mol. The molecule has 0 radical (unpaired) electrons. The number of para-hydroxylation sites is 1. The lowest BCUT2D eigenvalue weighted by atomic mass is 9.87. The highest BCUT2D eigenvalue weighted by Crippen LogP contribution is 2.23. The van der Waals surface area contributed by atoms with Gasteiger partial charge in [0.15, 0.2) is 0 Å². The topological polar surface area (TPSA) is 51.6 Å². The minimum absolute atomic E-state index is 0.293. The van der Waals surface area contributed by atoms with Crippen LogP contribution in [-0.2, 0) is 6.42 Å². The smallest absolute Gasteiger partial charge is 0.0655 e. The third-order valence-electron chi connectivity index (χ3n) is 4.41. The van der Waals surface area contributed by atoms with Gasteiger partial charge in [0, 0.05) is 29.1 Å². The Kier molecular flexibility index (Phi) is 4.03. The number of hydrogen-bond acceptors (Lipinski definition) is 2. The van der Waals surface area contributed by atoms with Crippen LogP contribution in [0.5, 0.6) is 0 Å². The molecule has 0 amide bonds. The molecule has 1 fully saturated rings. The van der Waals surface area contributed by atoms with Crippen LogP contribution >= 0.6 is 0 Å². The summed E-state index contributed by atoms with van der Waals surface area (Å²) in [5, 5.41) is 13.9. The molecule has 2 N–H and O–H groups in total. The van der Waals surface area contributed by atoms with Crippen molar-refractivity contribution in [2.45, 2.75) is 38.1 Å². The maximum Gasteiger partial charge on any atom is 0.0655 e. The van der Waals surface area contributed by atoms with E-state index in [9.17, 15) is 0 Å². The van der Waals surface area contributed by atoms with Gasteiger partial charge in [0.05, 0.1) is 6.07 Å². The molecule has 0 unspecified atom stereocenters. The Bertz CT molecular complexity index is 600. The first-order valence-corrected chi connectivity index (χ1v) is 7.55. The molecule has 1 aromatic heterocycles. The van der Waals surface area contributed by atoms with E-state index in [1.165, 1.54) is 16.5 Å². The van der Waals surface area contributed by atoms with Crippen LogP contribution in [-0.4, -0.2) is 17.6 Å². The maximum atomic E-state index is 8.91. The largest absolute Gasteiger partial charge is 0.361 e. The zero-order chi connectivity index (χ0) is 13.8. The number of rotatable bonds is 4. The highest BCUT2D eigenvalue weighted by Gasteiger charge is 2.20. The van der Waals surface area contributed by atoms with Crippen molar-refractivity contribution >= 4 is 10.9 Å². The number of nitrogens with zero attached hydrogens (tertiary/aromatic N) is 1. The van der Waals surface area contributed by atoms with E-state index in [-0.39, 0.29) is 0 Å². The Balaban J connectivity index is 1.50. The Morgan fingerprint density at radius 2 is 2.00 bits per heavy atom. The van der Waals surface area contributed by atoms with Crippen LogP contribution in [0, 0.1) is 17.2 Å². The van der Waals surface area contributed by atoms with Gasteiger partial charge in [0.25, 0.3) is 0 Å². The number of aromatic amines is 1. The van der Waals surface area contributed by atoms with Crippen LogP contribution in [0.3, 0.4) is 0 Å². The molecule has 0 atom stereocenters. The SMILES string of the molecule is N#CC1CCC(NCCc2c[nH]c3ccccc23)CC1. The molecule has 104 valence electrons. The lowest BCUT2D eigenvalue weighted by Gasteiger charge is -2.25. The molecule has 1 aromatic carbocycles. The fourth-order valence-corrected chi connectivity index (χ4v) is 3.18. The van der Waals surface area contributed by atoms with Crippen molar-refractivity contribution in [1.82, 2.24) is 10.3 Å². The van der Waals surface area contributed by atoms with Crippen molar-refractivity contribution in [1.29, 1.82) is 5.26 Å². The first-order chi connectivity index (χ1) is 9.86. The second-order valence-corrected chi connectivity index (χ2v) is 5.74. The van der Waals surface area contributed by atoms with Gasteiger partial charge in [-0.3, -0.25) is 0 Å². The molecular formula is C17H21N3. The predicted octanol–water partition coefficient (Wildman–Crippen LogP) is 3.38. The van der Waals surface area contributed by atoms with Crippen LogP contribution in [0.25, 0.3) is 10.9 Å². The number of nitrogens with one attached hydrogen (secondary N) is 2. The summed E-state index contributed by atoms with van der Waals surface area (Å²) in [6.45, 7) is 1.02. The van der Waals surface area contributed by atoms with Gasteiger partial charge in [-0.2, -0.15) is 5.26 Å². The number of aromatic nitrogens is 1. The highest BCUT2D eigenvalue weighted by atomic mass is 14.9. The van der Waals surface area contributed by atoms with E-state index >= 15 is 0 Å². The van der Waals surface area contributed by atoms with Gasteiger partial charge >= 0.3 is 0 Å². The molecule has 3 nitrogen and oxygen atoms in total. The number of H-pyrrole nitrogens is 1.